The van der Waals surface area contributed by atoms with Crippen LogP contribution in [0.2, 0.25) is 0 Å². The lowest BCUT2D eigenvalue weighted by atomic mass is 10.0. The SMILES string of the molecule is Cc1nc2c(c(N(C)C)n1)CCN(C(=O)c1c[nH]c3c(C)cccc3c1=O)C2. The third-order valence-corrected chi connectivity index (χ3v) is 5.22. The van der Waals surface area contributed by atoms with Crippen LogP contribution < -0.4 is 10.3 Å². The number of aromatic nitrogens is 3. The summed E-state index contributed by atoms with van der Waals surface area (Å²) in [4.78, 5) is 41.9. The summed E-state index contributed by atoms with van der Waals surface area (Å²) in [5, 5.41) is 0.538. The summed E-state index contributed by atoms with van der Waals surface area (Å²) in [7, 11) is 3.91. The van der Waals surface area contributed by atoms with Gasteiger partial charge in [-0.2, -0.15) is 0 Å². The number of hydrogen-bond acceptors (Lipinski definition) is 5. The monoisotopic (exact) mass is 377 g/mol. The van der Waals surface area contributed by atoms with Gasteiger partial charge >= 0.3 is 0 Å². The van der Waals surface area contributed by atoms with E-state index in [0.717, 1.165) is 28.2 Å². The second-order valence-electron chi connectivity index (χ2n) is 7.42. The highest BCUT2D eigenvalue weighted by Gasteiger charge is 2.27. The second kappa shape index (κ2) is 6.74. The van der Waals surface area contributed by atoms with Gasteiger partial charge in [-0.05, 0) is 31.9 Å². The van der Waals surface area contributed by atoms with Gasteiger partial charge in [-0.1, -0.05) is 12.1 Å². The molecule has 0 saturated heterocycles. The van der Waals surface area contributed by atoms with Crippen LogP contribution in [0.3, 0.4) is 0 Å². The molecule has 3 heterocycles. The van der Waals surface area contributed by atoms with Crippen molar-refractivity contribution >= 4 is 22.6 Å². The minimum Gasteiger partial charge on any atom is -0.362 e. The number of nitrogens with zero attached hydrogens (tertiary/aromatic N) is 4. The molecule has 1 aliphatic rings. The van der Waals surface area contributed by atoms with E-state index in [1.54, 1.807) is 11.0 Å². The molecule has 3 aromatic rings. The lowest BCUT2D eigenvalue weighted by Crippen LogP contribution is -2.39. The van der Waals surface area contributed by atoms with Crippen molar-refractivity contribution in [3.63, 3.8) is 0 Å². The van der Waals surface area contributed by atoms with Crippen LogP contribution in [0.1, 0.15) is 33.0 Å². The summed E-state index contributed by atoms with van der Waals surface area (Å²) >= 11 is 0. The Morgan fingerprint density at radius 3 is 2.75 bits per heavy atom. The molecule has 0 atom stereocenters. The fourth-order valence-electron chi connectivity index (χ4n) is 3.81. The number of rotatable bonds is 2. The van der Waals surface area contributed by atoms with Gasteiger partial charge in [0.1, 0.15) is 17.2 Å². The van der Waals surface area contributed by atoms with E-state index in [-0.39, 0.29) is 16.9 Å². The number of aryl methyl sites for hydroxylation is 2. The lowest BCUT2D eigenvalue weighted by molar-refractivity contribution is 0.0730. The summed E-state index contributed by atoms with van der Waals surface area (Å²) < 4.78 is 0. The normalized spacial score (nSPS) is 13.5. The molecule has 7 nitrogen and oxygen atoms in total. The fraction of sp³-hybridized carbons (Fsp3) is 0.333. The van der Waals surface area contributed by atoms with Gasteiger partial charge in [0, 0.05) is 37.8 Å². The lowest BCUT2D eigenvalue weighted by Gasteiger charge is -2.30. The molecule has 0 unspecified atom stereocenters. The number of benzene rings is 1. The van der Waals surface area contributed by atoms with Gasteiger partial charge in [-0.25, -0.2) is 9.97 Å². The van der Waals surface area contributed by atoms with E-state index in [1.807, 2.05) is 45.0 Å². The number of carbonyl (C=O) groups excluding carboxylic acids is 1. The molecule has 2 aromatic heterocycles. The number of aromatic amines is 1. The molecule has 1 amide bonds. The Hall–Kier alpha value is -3.22. The van der Waals surface area contributed by atoms with Gasteiger partial charge in [0.2, 0.25) is 5.43 Å². The molecule has 1 aromatic carbocycles. The summed E-state index contributed by atoms with van der Waals surface area (Å²) in [5.41, 5.74) is 3.60. The maximum Gasteiger partial charge on any atom is 0.259 e. The van der Waals surface area contributed by atoms with Gasteiger partial charge in [0.25, 0.3) is 5.91 Å². The third kappa shape index (κ3) is 2.93. The Bertz CT molecular complexity index is 1150. The first-order chi connectivity index (χ1) is 13.4. The Morgan fingerprint density at radius 1 is 1.21 bits per heavy atom. The van der Waals surface area contributed by atoms with Crippen molar-refractivity contribution in [2.45, 2.75) is 26.8 Å². The van der Waals surface area contributed by atoms with Crippen LogP contribution in [0.25, 0.3) is 10.9 Å². The van der Waals surface area contributed by atoms with Crippen LogP contribution >= 0.6 is 0 Å². The number of H-pyrrole nitrogens is 1. The van der Waals surface area contributed by atoms with Gasteiger partial charge < -0.3 is 14.8 Å². The predicted octanol–water partition coefficient (Wildman–Crippen LogP) is 2.20. The van der Waals surface area contributed by atoms with Crippen molar-refractivity contribution in [1.82, 2.24) is 19.9 Å². The van der Waals surface area contributed by atoms with E-state index < -0.39 is 0 Å². The van der Waals surface area contributed by atoms with E-state index in [2.05, 4.69) is 15.0 Å². The van der Waals surface area contributed by atoms with Gasteiger partial charge in [0.15, 0.2) is 0 Å². The summed E-state index contributed by atoms with van der Waals surface area (Å²) in [6, 6.07) is 5.52. The molecule has 0 aliphatic carbocycles. The Balaban J connectivity index is 1.71. The highest BCUT2D eigenvalue weighted by atomic mass is 16.2. The van der Waals surface area contributed by atoms with E-state index in [0.29, 0.717) is 30.7 Å². The number of carbonyl (C=O) groups is 1. The topological polar surface area (TPSA) is 82.2 Å². The van der Waals surface area contributed by atoms with Crippen LogP contribution in [0.4, 0.5) is 5.82 Å². The zero-order valence-corrected chi connectivity index (χ0v) is 16.5. The van der Waals surface area contributed by atoms with Crippen molar-refractivity contribution in [3.8, 4) is 0 Å². The maximum absolute atomic E-state index is 13.1. The highest BCUT2D eigenvalue weighted by molar-refractivity contribution is 5.97. The number of pyridine rings is 1. The first-order valence-corrected chi connectivity index (χ1v) is 9.31. The summed E-state index contributed by atoms with van der Waals surface area (Å²) in [6.07, 6.45) is 2.20. The number of nitrogens with one attached hydrogen (secondary N) is 1. The standard InChI is InChI=1S/C21H23N5O2/c1-12-6-5-7-15-18(12)22-10-16(19(15)27)21(28)26-9-8-14-17(11-26)23-13(2)24-20(14)25(3)4/h5-7,10H,8-9,11H2,1-4H3,(H,22,27). The molecule has 0 saturated carbocycles. The summed E-state index contributed by atoms with van der Waals surface area (Å²) in [5.74, 6) is 1.31. The van der Waals surface area contributed by atoms with Crippen molar-refractivity contribution in [3.05, 3.63) is 62.8 Å². The van der Waals surface area contributed by atoms with Crippen LogP contribution in [0, 0.1) is 13.8 Å². The Labute approximate surface area is 163 Å². The van der Waals surface area contributed by atoms with Gasteiger partial charge in [-0.3, -0.25) is 9.59 Å². The van der Waals surface area contributed by atoms with Crippen LogP contribution in [-0.2, 0) is 13.0 Å². The van der Waals surface area contributed by atoms with E-state index in [4.69, 9.17) is 0 Å². The molecular formula is C21H23N5O2. The van der Waals surface area contributed by atoms with E-state index in [9.17, 15) is 9.59 Å². The Morgan fingerprint density at radius 2 is 2.00 bits per heavy atom. The average Bonchev–Trinajstić information content (AvgIpc) is 2.67. The first-order valence-electron chi connectivity index (χ1n) is 9.31. The molecular weight excluding hydrogens is 354 g/mol. The number of fused-ring (bicyclic) bond motifs is 2. The predicted molar refractivity (Wildman–Crippen MR) is 109 cm³/mol. The molecule has 1 N–H and O–H groups in total. The van der Waals surface area contributed by atoms with Crippen LogP contribution in [0.5, 0.6) is 0 Å². The Kier molecular flexibility index (Phi) is 4.37. The molecule has 28 heavy (non-hydrogen) atoms. The fourth-order valence-corrected chi connectivity index (χ4v) is 3.81. The van der Waals surface area contributed by atoms with Gasteiger partial charge in [-0.15, -0.1) is 0 Å². The molecule has 144 valence electrons. The smallest absolute Gasteiger partial charge is 0.259 e. The van der Waals surface area contributed by atoms with E-state index in [1.165, 1.54) is 6.20 Å². The van der Waals surface area contributed by atoms with Crippen molar-refractivity contribution in [1.29, 1.82) is 0 Å². The maximum atomic E-state index is 13.1. The van der Waals surface area contributed by atoms with Crippen LogP contribution in [0.15, 0.2) is 29.2 Å². The largest absolute Gasteiger partial charge is 0.362 e. The van der Waals surface area contributed by atoms with Crippen molar-refractivity contribution in [2.24, 2.45) is 0 Å². The van der Waals surface area contributed by atoms with Gasteiger partial charge in [0.05, 0.1) is 17.8 Å². The van der Waals surface area contributed by atoms with E-state index >= 15 is 0 Å². The summed E-state index contributed by atoms with van der Waals surface area (Å²) in [6.45, 7) is 4.70. The minimum atomic E-state index is -0.266. The molecule has 0 fully saturated rings. The van der Waals surface area contributed by atoms with Crippen molar-refractivity contribution < 1.29 is 4.79 Å². The molecule has 0 bridgehead atoms. The average molecular weight is 377 g/mol. The molecule has 0 radical (unpaired) electrons. The first kappa shape index (κ1) is 18.2. The number of para-hydroxylation sites is 1. The second-order valence-corrected chi connectivity index (χ2v) is 7.42. The molecule has 4 rings (SSSR count). The molecule has 1 aliphatic heterocycles. The number of anilines is 1. The zero-order chi connectivity index (χ0) is 20.0. The quantitative estimate of drug-likeness (QED) is 0.740. The highest BCUT2D eigenvalue weighted by Crippen LogP contribution is 2.26. The molecule has 0 spiro atoms. The third-order valence-electron chi connectivity index (χ3n) is 5.22. The minimum absolute atomic E-state index is 0.167. The number of amides is 1. The zero-order valence-electron chi connectivity index (χ0n) is 16.5. The van der Waals surface area contributed by atoms with Crippen molar-refractivity contribution in [2.75, 3.05) is 25.5 Å². The number of hydrogen-bond donors (Lipinski definition) is 1. The molecule has 7 heteroatoms. The van der Waals surface area contributed by atoms with Crippen LogP contribution in [-0.4, -0.2) is 46.4 Å².